The zero-order valence-corrected chi connectivity index (χ0v) is 12.0. The predicted octanol–water partition coefficient (Wildman–Crippen LogP) is 1.80. The summed E-state index contributed by atoms with van der Waals surface area (Å²) in [6, 6.07) is 5.95. The van der Waals surface area contributed by atoms with Gasteiger partial charge in [-0.3, -0.25) is 9.79 Å². The van der Waals surface area contributed by atoms with Gasteiger partial charge < -0.3 is 10.2 Å². The lowest BCUT2D eigenvalue weighted by atomic mass is 10.1. The van der Waals surface area contributed by atoms with E-state index in [9.17, 15) is 4.79 Å². The summed E-state index contributed by atoms with van der Waals surface area (Å²) in [4.78, 5) is 19.4. The topological polar surface area (TPSA) is 44.7 Å². The molecule has 100 valence electrons. The van der Waals surface area contributed by atoms with Gasteiger partial charge in [-0.15, -0.1) is 11.8 Å². The quantitative estimate of drug-likeness (QED) is 0.836. The molecule has 0 fully saturated rings. The largest absolute Gasteiger partial charge is 0.372 e. The molecule has 0 amide bonds. The van der Waals surface area contributed by atoms with Crippen molar-refractivity contribution in [1.29, 1.82) is 0 Å². The third-order valence-corrected chi connectivity index (χ3v) is 4.75. The van der Waals surface area contributed by atoms with E-state index < -0.39 is 0 Å². The standard InChI is InChI=1S/C14H17N3OS/c1-9(18)10-3-4-12-11(7-10)17(2)8-13(19-12)14-15-5-6-16-14/h3-4,7,13H,5-6,8H2,1-2H3,(H,15,16). The van der Waals surface area contributed by atoms with E-state index in [0.29, 0.717) is 5.25 Å². The van der Waals surface area contributed by atoms with Gasteiger partial charge in [-0.1, -0.05) is 6.07 Å². The van der Waals surface area contributed by atoms with E-state index in [-0.39, 0.29) is 5.78 Å². The number of Topliss-reactive ketones (excluding diaryl/α,β-unsaturated/α-hetero) is 1. The summed E-state index contributed by atoms with van der Waals surface area (Å²) in [6.45, 7) is 4.36. The van der Waals surface area contributed by atoms with E-state index in [0.717, 1.165) is 36.7 Å². The number of benzene rings is 1. The van der Waals surface area contributed by atoms with Crippen LogP contribution in [0.5, 0.6) is 0 Å². The number of carbonyl (C=O) groups is 1. The highest BCUT2D eigenvalue weighted by atomic mass is 32.2. The molecule has 1 aromatic rings. The molecule has 0 radical (unpaired) electrons. The third-order valence-electron chi connectivity index (χ3n) is 3.49. The second-order valence-electron chi connectivity index (χ2n) is 4.92. The van der Waals surface area contributed by atoms with Crippen LogP contribution in [0.15, 0.2) is 28.1 Å². The average molecular weight is 275 g/mol. The van der Waals surface area contributed by atoms with Gasteiger partial charge in [-0.25, -0.2) is 0 Å². The summed E-state index contributed by atoms with van der Waals surface area (Å²) >= 11 is 1.83. The molecule has 0 bridgehead atoms. The molecule has 3 rings (SSSR count). The van der Waals surface area contributed by atoms with Crippen molar-refractivity contribution in [2.24, 2.45) is 4.99 Å². The summed E-state index contributed by atoms with van der Waals surface area (Å²) in [5.41, 5.74) is 1.92. The van der Waals surface area contributed by atoms with Gasteiger partial charge in [0.05, 0.1) is 17.5 Å². The van der Waals surface area contributed by atoms with Crippen LogP contribution < -0.4 is 10.2 Å². The summed E-state index contributed by atoms with van der Waals surface area (Å²) < 4.78 is 0. The molecular formula is C14H17N3OS. The molecule has 4 nitrogen and oxygen atoms in total. The van der Waals surface area contributed by atoms with Gasteiger partial charge in [-0.2, -0.15) is 0 Å². The summed E-state index contributed by atoms with van der Waals surface area (Å²) in [5.74, 6) is 1.23. The Morgan fingerprint density at radius 2 is 2.37 bits per heavy atom. The number of nitrogens with one attached hydrogen (secondary N) is 1. The number of hydrogen-bond donors (Lipinski definition) is 1. The predicted molar refractivity (Wildman–Crippen MR) is 79.7 cm³/mol. The molecule has 2 aliphatic rings. The minimum Gasteiger partial charge on any atom is -0.372 e. The first-order chi connectivity index (χ1) is 9.15. The Hall–Kier alpha value is -1.49. The van der Waals surface area contributed by atoms with Crippen molar-refractivity contribution in [3.8, 4) is 0 Å². The van der Waals surface area contributed by atoms with Gasteiger partial charge in [-0.05, 0) is 19.1 Å². The number of fused-ring (bicyclic) bond motifs is 1. The van der Waals surface area contributed by atoms with Crippen LogP contribution in [0.2, 0.25) is 0 Å². The Kier molecular flexibility index (Phi) is 3.22. The van der Waals surface area contributed by atoms with Crippen LogP contribution in [-0.2, 0) is 0 Å². The SMILES string of the molecule is CC(=O)c1ccc2c(c1)N(C)CC(C1=NCCN1)S2. The first kappa shape index (κ1) is 12.5. The maximum absolute atomic E-state index is 11.5. The molecule has 2 aliphatic heterocycles. The fourth-order valence-electron chi connectivity index (χ4n) is 2.45. The highest BCUT2D eigenvalue weighted by Crippen LogP contribution is 2.38. The zero-order chi connectivity index (χ0) is 13.4. The fourth-order valence-corrected chi connectivity index (χ4v) is 3.80. The van der Waals surface area contributed by atoms with Crippen molar-refractivity contribution in [3.63, 3.8) is 0 Å². The number of nitrogens with zero attached hydrogens (tertiary/aromatic N) is 2. The number of thioether (sulfide) groups is 1. The normalized spacial score (nSPS) is 21.7. The van der Waals surface area contributed by atoms with Gasteiger partial charge in [0.1, 0.15) is 5.84 Å². The van der Waals surface area contributed by atoms with Crippen molar-refractivity contribution in [2.45, 2.75) is 17.1 Å². The van der Waals surface area contributed by atoms with Crippen LogP contribution in [0.3, 0.4) is 0 Å². The van der Waals surface area contributed by atoms with Gasteiger partial charge in [0, 0.05) is 30.6 Å². The smallest absolute Gasteiger partial charge is 0.159 e. The van der Waals surface area contributed by atoms with Gasteiger partial charge in [0.25, 0.3) is 0 Å². The second-order valence-corrected chi connectivity index (χ2v) is 6.16. The first-order valence-electron chi connectivity index (χ1n) is 6.46. The van der Waals surface area contributed by atoms with Crippen molar-refractivity contribution in [1.82, 2.24) is 5.32 Å². The van der Waals surface area contributed by atoms with E-state index in [2.05, 4.69) is 28.3 Å². The second kappa shape index (κ2) is 4.89. The fraction of sp³-hybridized carbons (Fsp3) is 0.429. The number of ketones is 1. The molecule has 1 N–H and O–H groups in total. The lowest BCUT2D eigenvalue weighted by Gasteiger charge is -2.33. The molecule has 1 atom stereocenters. The molecule has 0 spiro atoms. The Morgan fingerprint density at radius 1 is 1.53 bits per heavy atom. The monoisotopic (exact) mass is 275 g/mol. The van der Waals surface area contributed by atoms with Crippen LogP contribution in [0.1, 0.15) is 17.3 Å². The number of anilines is 1. The lowest BCUT2D eigenvalue weighted by molar-refractivity contribution is 0.101. The van der Waals surface area contributed by atoms with Gasteiger partial charge in [0.15, 0.2) is 5.78 Å². The van der Waals surface area contributed by atoms with Crippen molar-refractivity contribution in [2.75, 3.05) is 31.6 Å². The van der Waals surface area contributed by atoms with Crippen LogP contribution in [0.25, 0.3) is 0 Å². The third kappa shape index (κ3) is 2.34. The van der Waals surface area contributed by atoms with E-state index in [4.69, 9.17) is 0 Å². The Labute approximate surface area is 117 Å². The first-order valence-corrected chi connectivity index (χ1v) is 7.34. The molecule has 1 aromatic carbocycles. The van der Waals surface area contributed by atoms with E-state index >= 15 is 0 Å². The maximum atomic E-state index is 11.5. The average Bonchev–Trinajstić information content (AvgIpc) is 2.92. The van der Waals surface area contributed by atoms with Crippen molar-refractivity contribution >= 4 is 29.1 Å². The summed E-state index contributed by atoms with van der Waals surface area (Å²) in [5, 5.41) is 3.72. The minimum absolute atomic E-state index is 0.116. The van der Waals surface area contributed by atoms with Crippen LogP contribution >= 0.6 is 11.8 Å². The molecule has 0 saturated heterocycles. The van der Waals surface area contributed by atoms with E-state index in [1.807, 2.05) is 23.9 Å². The summed E-state index contributed by atoms with van der Waals surface area (Å²) in [6.07, 6.45) is 0. The Morgan fingerprint density at radius 3 is 3.05 bits per heavy atom. The number of amidine groups is 1. The molecule has 2 heterocycles. The van der Waals surface area contributed by atoms with Crippen molar-refractivity contribution in [3.05, 3.63) is 23.8 Å². The molecule has 19 heavy (non-hydrogen) atoms. The number of aliphatic imine (C=N–C) groups is 1. The number of hydrogen-bond acceptors (Lipinski definition) is 5. The molecule has 1 unspecified atom stereocenters. The molecule has 5 heteroatoms. The van der Waals surface area contributed by atoms with Gasteiger partial charge >= 0.3 is 0 Å². The zero-order valence-electron chi connectivity index (χ0n) is 11.1. The highest BCUT2D eigenvalue weighted by Gasteiger charge is 2.28. The maximum Gasteiger partial charge on any atom is 0.159 e. The van der Waals surface area contributed by atoms with Crippen molar-refractivity contribution < 1.29 is 4.79 Å². The Balaban J connectivity index is 1.90. The molecular weight excluding hydrogens is 258 g/mol. The minimum atomic E-state index is 0.116. The number of rotatable bonds is 2. The van der Waals surface area contributed by atoms with Crippen LogP contribution in [0.4, 0.5) is 5.69 Å². The van der Waals surface area contributed by atoms with Crippen LogP contribution in [0, 0.1) is 0 Å². The molecule has 0 aliphatic carbocycles. The van der Waals surface area contributed by atoms with E-state index in [1.54, 1.807) is 6.92 Å². The molecule has 0 saturated carbocycles. The van der Waals surface area contributed by atoms with E-state index in [1.165, 1.54) is 4.90 Å². The number of carbonyl (C=O) groups excluding carboxylic acids is 1. The van der Waals surface area contributed by atoms with Crippen LogP contribution in [-0.4, -0.2) is 43.6 Å². The van der Waals surface area contributed by atoms with Gasteiger partial charge in [0.2, 0.25) is 0 Å². The highest BCUT2D eigenvalue weighted by molar-refractivity contribution is 8.01. The summed E-state index contributed by atoms with van der Waals surface area (Å²) in [7, 11) is 2.07. The molecule has 0 aromatic heterocycles. The lowest BCUT2D eigenvalue weighted by Crippen LogP contribution is -2.40. The Bertz CT molecular complexity index is 556.